The van der Waals surface area contributed by atoms with Gasteiger partial charge in [0.05, 0.1) is 0 Å². The maximum absolute atomic E-state index is 6.81. The van der Waals surface area contributed by atoms with Crippen molar-refractivity contribution in [3.63, 3.8) is 0 Å². The molecule has 9 heavy (non-hydrogen) atoms. The van der Waals surface area contributed by atoms with Crippen LogP contribution in [0.3, 0.4) is 0 Å². The zero-order valence-electron chi connectivity index (χ0n) is 5.29. The molecule has 0 fully saturated rings. The minimum absolute atomic E-state index is 0.753. The Morgan fingerprint density at radius 1 is 1.56 bits per heavy atom. The molecule has 0 aromatic heterocycles. The van der Waals surface area contributed by atoms with E-state index in [2.05, 4.69) is 12.2 Å². The van der Waals surface area contributed by atoms with Crippen molar-refractivity contribution in [2.45, 2.75) is 6.92 Å². The zero-order valence-corrected chi connectivity index (χ0v) is 6.11. The van der Waals surface area contributed by atoms with E-state index in [0.29, 0.717) is 0 Å². The second-order valence-electron chi connectivity index (χ2n) is 1.45. The van der Waals surface area contributed by atoms with E-state index in [9.17, 15) is 0 Å². The van der Waals surface area contributed by atoms with Gasteiger partial charge >= 0.3 is 0 Å². The minimum atomic E-state index is 0.753. The Bertz CT molecular complexity index is 146. The monoisotopic (exact) mass is 139 g/mol. The van der Waals surface area contributed by atoms with Gasteiger partial charge in [0, 0.05) is 17.2 Å². The average molecular weight is 139 g/mol. The Hall–Kier alpha value is -0.760. The maximum Gasteiger partial charge on any atom is 0.0258 e. The molecule has 48 valence electrons. The normalized spacial score (nSPS) is 11.9. The zero-order chi connectivity index (χ0) is 7.11. The Kier molecular flexibility index (Phi) is 4.92. The van der Waals surface area contributed by atoms with Crippen LogP contribution in [0.2, 0.25) is 0 Å². The Labute approximate surface area is 60.6 Å². The lowest BCUT2D eigenvalue weighted by atomic mass is 10.3. The first-order valence-corrected chi connectivity index (χ1v) is 3.11. The van der Waals surface area contributed by atoms with Gasteiger partial charge in [0.15, 0.2) is 0 Å². The van der Waals surface area contributed by atoms with Crippen molar-refractivity contribution in [1.29, 1.82) is 5.41 Å². The molecule has 0 aliphatic heterocycles. The van der Waals surface area contributed by atoms with E-state index >= 15 is 0 Å². The largest absolute Gasteiger partial charge is 0.308 e. The Morgan fingerprint density at radius 2 is 2.22 bits per heavy atom. The van der Waals surface area contributed by atoms with Crippen molar-refractivity contribution >= 4 is 23.8 Å². The van der Waals surface area contributed by atoms with Crippen LogP contribution in [0.15, 0.2) is 23.8 Å². The highest BCUT2D eigenvalue weighted by Crippen LogP contribution is 1.85. The average Bonchev–Trinajstić information content (AvgIpc) is 1.91. The fraction of sp³-hybridized carbons (Fsp3) is 0.143. The van der Waals surface area contributed by atoms with Crippen molar-refractivity contribution in [3.8, 4) is 0 Å². The molecular formula is C7H9NS. The molecule has 0 amide bonds. The SMILES string of the molecule is C/C=C\C=C(\C=N)C=S. The highest BCUT2D eigenvalue weighted by atomic mass is 32.1. The van der Waals surface area contributed by atoms with Crippen molar-refractivity contribution in [1.82, 2.24) is 0 Å². The van der Waals surface area contributed by atoms with Crippen molar-refractivity contribution in [3.05, 3.63) is 23.8 Å². The molecule has 0 aromatic carbocycles. The third-order valence-corrected chi connectivity index (χ3v) is 1.06. The number of thiocarbonyl (C=S) groups is 1. The van der Waals surface area contributed by atoms with Gasteiger partial charge in [0.1, 0.15) is 0 Å². The van der Waals surface area contributed by atoms with E-state index in [1.54, 1.807) is 6.08 Å². The summed E-state index contributed by atoms with van der Waals surface area (Å²) in [5.41, 5.74) is 0.753. The van der Waals surface area contributed by atoms with E-state index in [4.69, 9.17) is 5.41 Å². The molecule has 0 heterocycles. The van der Waals surface area contributed by atoms with E-state index in [0.717, 1.165) is 5.57 Å². The third-order valence-electron chi connectivity index (χ3n) is 0.784. The van der Waals surface area contributed by atoms with Crippen LogP contribution >= 0.6 is 12.2 Å². The van der Waals surface area contributed by atoms with E-state index in [1.165, 1.54) is 11.6 Å². The molecule has 0 saturated carbocycles. The van der Waals surface area contributed by atoms with E-state index < -0.39 is 0 Å². The van der Waals surface area contributed by atoms with Gasteiger partial charge in [-0.15, -0.1) is 0 Å². The van der Waals surface area contributed by atoms with Crippen LogP contribution < -0.4 is 0 Å². The maximum atomic E-state index is 6.81. The molecule has 0 spiro atoms. The van der Waals surface area contributed by atoms with E-state index in [1.807, 2.05) is 19.1 Å². The fourth-order valence-corrected chi connectivity index (χ4v) is 0.475. The standard InChI is InChI=1S/C7H9NS/c1-2-3-4-7(5-8)6-9/h2-6,8H,1H3/b3-2-,7-4-,8-5?. The Balaban J connectivity index is 4.06. The van der Waals surface area contributed by atoms with Crippen LogP contribution in [0.1, 0.15) is 6.92 Å². The number of hydrogen-bond acceptors (Lipinski definition) is 2. The number of allylic oxidation sites excluding steroid dienone is 4. The molecule has 1 nitrogen and oxygen atoms in total. The van der Waals surface area contributed by atoms with Crippen molar-refractivity contribution < 1.29 is 0 Å². The smallest absolute Gasteiger partial charge is 0.0258 e. The summed E-state index contributed by atoms with van der Waals surface area (Å²) < 4.78 is 0. The predicted octanol–water partition coefficient (Wildman–Crippen LogP) is 2.14. The van der Waals surface area contributed by atoms with Gasteiger partial charge in [-0.05, 0) is 6.92 Å². The summed E-state index contributed by atoms with van der Waals surface area (Å²) in [6, 6.07) is 0. The summed E-state index contributed by atoms with van der Waals surface area (Å²) >= 11 is 4.61. The number of nitrogens with one attached hydrogen (secondary N) is 1. The fourth-order valence-electron chi connectivity index (χ4n) is 0.329. The lowest BCUT2D eigenvalue weighted by molar-refractivity contribution is 1.57. The molecule has 0 atom stereocenters. The first-order valence-electron chi connectivity index (χ1n) is 2.63. The van der Waals surface area contributed by atoms with Gasteiger partial charge < -0.3 is 5.41 Å². The second-order valence-corrected chi connectivity index (χ2v) is 1.69. The first-order chi connectivity index (χ1) is 4.35. The lowest BCUT2D eigenvalue weighted by Gasteiger charge is -1.81. The molecule has 0 unspecified atom stereocenters. The molecular weight excluding hydrogens is 130 g/mol. The van der Waals surface area contributed by atoms with Gasteiger partial charge in [-0.2, -0.15) is 0 Å². The first kappa shape index (κ1) is 8.24. The van der Waals surface area contributed by atoms with Gasteiger partial charge in [0.2, 0.25) is 0 Å². The van der Waals surface area contributed by atoms with Gasteiger partial charge in [-0.1, -0.05) is 30.4 Å². The summed E-state index contributed by atoms with van der Waals surface area (Å²) in [5.74, 6) is 0. The van der Waals surface area contributed by atoms with Gasteiger partial charge in [0.25, 0.3) is 0 Å². The third kappa shape index (κ3) is 3.79. The molecule has 0 rings (SSSR count). The topological polar surface area (TPSA) is 23.9 Å². The molecule has 0 aromatic rings. The molecule has 2 heteroatoms. The Morgan fingerprint density at radius 3 is 2.56 bits per heavy atom. The minimum Gasteiger partial charge on any atom is -0.308 e. The van der Waals surface area contributed by atoms with Crippen molar-refractivity contribution in [2.24, 2.45) is 0 Å². The summed E-state index contributed by atoms with van der Waals surface area (Å²) in [5, 5.41) is 8.29. The van der Waals surface area contributed by atoms with Crippen LogP contribution in [-0.2, 0) is 0 Å². The summed E-state index contributed by atoms with van der Waals surface area (Å²) in [6.45, 7) is 1.92. The van der Waals surface area contributed by atoms with Crippen LogP contribution in [0, 0.1) is 5.41 Å². The molecule has 0 radical (unpaired) electrons. The quantitative estimate of drug-likeness (QED) is 0.275. The molecule has 1 N–H and O–H groups in total. The molecule has 0 bridgehead atoms. The van der Waals surface area contributed by atoms with Crippen molar-refractivity contribution in [2.75, 3.05) is 0 Å². The predicted molar refractivity (Wildman–Crippen MR) is 45.3 cm³/mol. The summed E-state index contributed by atoms with van der Waals surface area (Å²) in [4.78, 5) is 0. The lowest BCUT2D eigenvalue weighted by Crippen LogP contribution is -1.79. The number of rotatable bonds is 3. The van der Waals surface area contributed by atoms with Gasteiger partial charge in [-0.3, -0.25) is 0 Å². The highest BCUT2D eigenvalue weighted by molar-refractivity contribution is 7.79. The van der Waals surface area contributed by atoms with E-state index in [-0.39, 0.29) is 0 Å². The van der Waals surface area contributed by atoms with Crippen LogP contribution in [-0.4, -0.2) is 11.6 Å². The highest BCUT2D eigenvalue weighted by Gasteiger charge is 1.78. The molecule has 0 saturated heterocycles. The molecule has 0 aliphatic carbocycles. The molecule has 0 aliphatic rings. The van der Waals surface area contributed by atoms with Crippen LogP contribution in [0.4, 0.5) is 0 Å². The van der Waals surface area contributed by atoms with Crippen LogP contribution in [0.5, 0.6) is 0 Å². The second kappa shape index (κ2) is 5.38. The van der Waals surface area contributed by atoms with Gasteiger partial charge in [-0.25, -0.2) is 0 Å². The number of hydrogen-bond donors (Lipinski definition) is 1. The summed E-state index contributed by atoms with van der Waals surface area (Å²) in [7, 11) is 0. The van der Waals surface area contributed by atoms with Crippen LogP contribution in [0.25, 0.3) is 0 Å². The summed E-state index contributed by atoms with van der Waals surface area (Å²) in [6.07, 6.45) is 6.76.